The van der Waals surface area contributed by atoms with Gasteiger partial charge in [0, 0.05) is 37.0 Å². The van der Waals surface area contributed by atoms with Gasteiger partial charge in [0.05, 0.1) is 6.04 Å². The van der Waals surface area contributed by atoms with E-state index in [4.69, 9.17) is 0 Å². The summed E-state index contributed by atoms with van der Waals surface area (Å²) in [6.45, 7) is 4.10. The molecule has 1 aliphatic carbocycles. The first-order valence-electron chi connectivity index (χ1n) is 10.8. The Morgan fingerprint density at radius 2 is 1.79 bits per heavy atom. The highest BCUT2D eigenvalue weighted by atomic mass is 19.2. The molecule has 2 amide bonds. The first-order valence-corrected chi connectivity index (χ1v) is 10.8. The Hall–Kier alpha value is -3.30. The zero-order valence-corrected chi connectivity index (χ0v) is 17.9. The lowest BCUT2D eigenvalue weighted by molar-refractivity contribution is 0.0279. The normalized spacial score (nSPS) is 27.5. The summed E-state index contributed by atoms with van der Waals surface area (Å²) in [6, 6.07) is 0.951. The van der Waals surface area contributed by atoms with E-state index in [0.29, 0.717) is 30.5 Å². The highest BCUT2D eigenvalue weighted by molar-refractivity contribution is 5.99. The molecular formula is C23H22F3N3O4. The first kappa shape index (κ1) is 21.5. The van der Waals surface area contributed by atoms with Crippen molar-refractivity contribution in [1.29, 1.82) is 0 Å². The lowest BCUT2D eigenvalue weighted by Crippen LogP contribution is -2.56. The van der Waals surface area contributed by atoms with Crippen molar-refractivity contribution >= 4 is 11.8 Å². The van der Waals surface area contributed by atoms with Gasteiger partial charge in [0.25, 0.3) is 11.8 Å². The molecule has 2 aromatic rings. The number of rotatable bonds is 3. The van der Waals surface area contributed by atoms with E-state index in [1.807, 2.05) is 0 Å². The summed E-state index contributed by atoms with van der Waals surface area (Å²) in [7, 11) is 0. The number of benzene rings is 1. The van der Waals surface area contributed by atoms with Crippen molar-refractivity contribution in [3.63, 3.8) is 0 Å². The van der Waals surface area contributed by atoms with Crippen molar-refractivity contribution in [3.05, 3.63) is 62.8 Å². The van der Waals surface area contributed by atoms with Crippen molar-refractivity contribution in [3.8, 4) is 5.75 Å². The van der Waals surface area contributed by atoms with Crippen LogP contribution >= 0.6 is 0 Å². The van der Waals surface area contributed by atoms with Crippen LogP contribution < -0.4 is 10.7 Å². The van der Waals surface area contributed by atoms with Gasteiger partial charge in [-0.3, -0.25) is 14.4 Å². The summed E-state index contributed by atoms with van der Waals surface area (Å²) in [5.41, 5.74) is -1.90. The molecule has 1 aromatic carbocycles. The number of halogens is 3. The molecule has 2 fully saturated rings. The van der Waals surface area contributed by atoms with Crippen LogP contribution in [0.25, 0.3) is 0 Å². The van der Waals surface area contributed by atoms with E-state index in [9.17, 15) is 32.7 Å². The fraction of sp³-hybridized carbons (Fsp3) is 0.435. The van der Waals surface area contributed by atoms with Crippen LogP contribution in [0.1, 0.15) is 46.7 Å². The first-order chi connectivity index (χ1) is 15.6. The van der Waals surface area contributed by atoms with Gasteiger partial charge in [-0.25, -0.2) is 13.2 Å². The average Bonchev–Trinajstić information content (AvgIpc) is 3.28. The van der Waals surface area contributed by atoms with E-state index >= 15 is 0 Å². The molecule has 2 bridgehead atoms. The fourth-order valence-corrected chi connectivity index (χ4v) is 5.77. The van der Waals surface area contributed by atoms with Gasteiger partial charge >= 0.3 is 0 Å². The largest absolute Gasteiger partial charge is 0.503 e. The Morgan fingerprint density at radius 3 is 2.52 bits per heavy atom. The molecule has 7 nitrogen and oxygen atoms in total. The van der Waals surface area contributed by atoms with Crippen molar-refractivity contribution in [1.82, 2.24) is 14.8 Å². The number of piperidine rings is 1. The van der Waals surface area contributed by atoms with Crippen LogP contribution in [0.4, 0.5) is 13.2 Å². The van der Waals surface area contributed by atoms with E-state index in [2.05, 4.69) is 19.2 Å². The van der Waals surface area contributed by atoms with Crippen molar-refractivity contribution in [2.24, 2.45) is 17.8 Å². The molecule has 5 rings (SSSR count). The van der Waals surface area contributed by atoms with Gasteiger partial charge in [-0.2, -0.15) is 0 Å². The van der Waals surface area contributed by atoms with Crippen LogP contribution in [-0.4, -0.2) is 38.5 Å². The highest BCUT2D eigenvalue weighted by Gasteiger charge is 2.57. The monoisotopic (exact) mass is 461 g/mol. The average molecular weight is 461 g/mol. The number of pyridine rings is 1. The molecule has 3 aliphatic rings. The molecule has 2 N–H and O–H groups in total. The molecule has 1 saturated carbocycles. The second kappa shape index (κ2) is 7.36. The van der Waals surface area contributed by atoms with Gasteiger partial charge in [-0.1, -0.05) is 13.8 Å². The number of carbonyl (C=O) groups is 2. The Kier molecular flexibility index (Phi) is 4.80. The maximum atomic E-state index is 13.8. The molecule has 174 valence electrons. The summed E-state index contributed by atoms with van der Waals surface area (Å²) in [4.78, 5) is 40.3. The minimum Gasteiger partial charge on any atom is -0.503 e. The molecule has 0 radical (unpaired) electrons. The predicted octanol–water partition coefficient (Wildman–Crippen LogP) is 2.40. The second-order valence-electron chi connectivity index (χ2n) is 9.23. The zero-order chi connectivity index (χ0) is 23.8. The quantitative estimate of drug-likeness (QED) is 0.687. The molecule has 1 aromatic heterocycles. The van der Waals surface area contributed by atoms with Gasteiger partial charge in [0.1, 0.15) is 11.4 Å². The van der Waals surface area contributed by atoms with Gasteiger partial charge in [0.15, 0.2) is 23.1 Å². The van der Waals surface area contributed by atoms with Gasteiger partial charge in [0.2, 0.25) is 5.43 Å². The lowest BCUT2D eigenvalue weighted by Gasteiger charge is -2.45. The van der Waals surface area contributed by atoms with Gasteiger partial charge in [-0.05, 0) is 30.2 Å². The number of hydrogen-bond donors (Lipinski definition) is 2. The van der Waals surface area contributed by atoms with Crippen molar-refractivity contribution in [2.45, 2.75) is 45.4 Å². The smallest absolute Gasteiger partial charge is 0.275 e. The molecule has 33 heavy (non-hydrogen) atoms. The fourth-order valence-electron chi connectivity index (χ4n) is 5.77. The van der Waals surface area contributed by atoms with Gasteiger partial charge in [-0.15, -0.1) is 0 Å². The number of nitrogens with zero attached hydrogens (tertiary/aromatic N) is 2. The number of nitrogens with one attached hydrogen (secondary N) is 1. The zero-order valence-electron chi connectivity index (χ0n) is 17.9. The van der Waals surface area contributed by atoms with E-state index in [1.54, 1.807) is 4.90 Å². The second-order valence-corrected chi connectivity index (χ2v) is 9.23. The van der Waals surface area contributed by atoms with E-state index < -0.39 is 52.6 Å². The topological polar surface area (TPSA) is 91.6 Å². The summed E-state index contributed by atoms with van der Waals surface area (Å²) < 4.78 is 41.8. The van der Waals surface area contributed by atoms with E-state index in [-0.39, 0.29) is 29.3 Å². The third-order valence-electron chi connectivity index (χ3n) is 7.68. The summed E-state index contributed by atoms with van der Waals surface area (Å²) in [5, 5.41) is 12.8. The highest BCUT2D eigenvalue weighted by Crippen LogP contribution is 2.51. The lowest BCUT2D eigenvalue weighted by atomic mass is 9.82. The Morgan fingerprint density at radius 1 is 1.09 bits per heavy atom. The van der Waals surface area contributed by atoms with Crippen molar-refractivity contribution < 1.29 is 27.9 Å². The van der Waals surface area contributed by atoms with Gasteiger partial charge < -0.3 is 19.9 Å². The summed E-state index contributed by atoms with van der Waals surface area (Å²) in [6.07, 6.45) is 2.09. The number of aromatic hydroxyl groups is 1. The third-order valence-corrected chi connectivity index (χ3v) is 7.68. The van der Waals surface area contributed by atoms with Crippen molar-refractivity contribution in [2.75, 3.05) is 0 Å². The minimum atomic E-state index is -1.36. The molecule has 10 heteroatoms. The number of carbonyl (C=O) groups excluding carboxylic acids is 2. The van der Waals surface area contributed by atoms with Crippen LogP contribution in [0.2, 0.25) is 0 Å². The SMILES string of the molecule is CC1C2C[C@@H]([C@H]1C)N1C(=O)c3c(O)c(=O)c(C(=O)NCc4cc(F)c(F)cc4F)cn3C[C@@H]21. The third kappa shape index (κ3) is 3.07. The number of aromatic nitrogens is 1. The molecule has 3 heterocycles. The molecule has 2 unspecified atom stereocenters. The predicted molar refractivity (Wildman–Crippen MR) is 110 cm³/mol. The molecule has 1 saturated heterocycles. The maximum Gasteiger partial charge on any atom is 0.275 e. The van der Waals surface area contributed by atoms with E-state index in [1.165, 1.54) is 10.8 Å². The summed E-state index contributed by atoms with van der Waals surface area (Å²) in [5.74, 6) is -4.82. The Labute approximate surface area is 186 Å². The van der Waals surface area contributed by atoms with E-state index in [0.717, 1.165) is 6.42 Å². The molecular weight excluding hydrogens is 439 g/mol. The number of amides is 2. The Bertz CT molecular complexity index is 1260. The minimum absolute atomic E-state index is 0.0553. The molecule has 2 aliphatic heterocycles. The molecule has 5 atom stereocenters. The number of hydrogen-bond acceptors (Lipinski definition) is 4. The summed E-state index contributed by atoms with van der Waals surface area (Å²) >= 11 is 0. The Balaban J connectivity index is 1.44. The van der Waals surface area contributed by atoms with Crippen LogP contribution in [-0.2, 0) is 13.1 Å². The van der Waals surface area contributed by atoms with Crippen LogP contribution in [0.3, 0.4) is 0 Å². The maximum absolute atomic E-state index is 13.8. The van der Waals surface area contributed by atoms with Crippen LogP contribution in [0.15, 0.2) is 23.1 Å². The van der Waals surface area contributed by atoms with Crippen LogP contribution in [0.5, 0.6) is 5.75 Å². The number of fused-ring (bicyclic) bond motifs is 6. The molecule has 0 spiro atoms. The van der Waals surface area contributed by atoms with Crippen LogP contribution in [0, 0.1) is 35.2 Å². The standard InChI is InChI=1S/C23H22F3N3O4/c1-9-10(2)17-4-12(9)18-8-28-7-13(20(30)21(31)19(28)23(33)29(17)18)22(32)27-6-11-3-15(25)16(26)5-14(11)24/h3,5,7,9-10,12,17-18,31H,4,6,8H2,1-2H3,(H,27,32)/t9?,10-,12?,17-,18-/m0/s1.